The fourth-order valence-corrected chi connectivity index (χ4v) is 3.07. The second kappa shape index (κ2) is 3.70. The molecule has 5 rings (SSSR count). The maximum atomic E-state index is 6.10. The highest BCUT2D eigenvalue weighted by atomic mass is 16.3. The predicted octanol–water partition coefficient (Wildman–Crippen LogP) is 4.28. The van der Waals surface area contributed by atoms with Gasteiger partial charge >= 0.3 is 0 Å². The van der Waals surface area contributed by atoms with Crippen molar-refractivity contribution in [2.75, 3.05) is 0 Å². The van der Waals surface area contributed by atoms with Gasteiger partial charge in [-0.3, -0.25) is 0 Å². The van der Waals surface area contributed by atoms with Gasteiger partial charge in [-0.05, 0) is 24.3 Å². The molecule has 0 saturated heterocycles. The standard InChI is InChI=1S/C18H9BO2/c19-13-5-3-7-15-18(13)12-9-16-11(8-17(12)21-15)10-4-1-2-6-14(10)20-16/h1-9H. The van der Waals surface area contributed by atoms with Crippen LogP contribution in [-0.2, 0) is 0 Å². The Hall–Kier alpha value is -2.68. The highest BCUT2D eigenvalue weighted by Crippen LogP contribution is 2.35. The smallest absolute Gasteiger partial charge is 0.136 e. The van der Waals surface area contributed by atoms with Crippen molar-refractivity contribution in [3.05, 3.63) is 54.6 Å². The van der Waals surface area contributed by atoms with E-state index >= 15 is 0 Å². The van der Waals surface area contributed by atoms with Gasteiger partial charge in [0.15, 0.2) is 0 Å². The molecule has 0 saturated carbocycles. The molecule has 0 aliphatic rings. The second-order valence-electron chi connectivity index (χ2n) is 5.27. The lowest BCUT2D eigenvalue weighted by Crippen LogP contribution is -2.00. The Labute approximate surface area is 121 Å². The van der Waals surface area contributed by atoms with Crippen LogP contribution in [0.3, 0.4) is 0 Å². The lowest BCUT2D eigenvalue weighted by molar-refractivity contribution is 0.664. The van der Waals surface area contributed by atoms with Crippen LogP contribution in [0.15, 0.2) is 63.4 Å². The SMILES string of the molecule is [B]c1cccc2oc3cc4c(cc3c12)oc1ccccc14. The molecule has 5 aromatic rings. The first-order valence-electron chi connectivity index (χ1n) is 6.83. The number of benzene rings is 3. The van der Waals surface area contributed by atoms with Gasteiger partial charge in [-0.2, -0.15) is 0 Å². The molecule has 0 aliphatic carbocycles. The van der Waals surface area contributed by atoms with Crippen LogP contribution in [0, 0.1) is 0 Å². The fraction of sp³-hybridized carbons (Fsp3) is 0. The predicted molar refractivity (Wildman–Crippen MR) is 86.4 cm³/mol. The molecule has 0 N–H and O–H groups in total. The van der Waals surface area contributed by atoms with Crippen molar-refractivity contribution >= 4 is 57.2 Å². The molecule has 0 spiro atoms. The number of furan rings is 2. The second-order valence-corrected chi connectivity index (χ2v) is 5.27. The van der Waals surface area contributed by atoms with E-state index in [0.717, 1.165) is 49.3 Å². The molecule has 3 aromatic carbocycles. The Morgan fingerprint density at radius 3 is 2.29 bits per heavy atom. The van der Waals surface area contributed by atoms with E-state index in [2.05, 4.69) is 6.07 Å². The van der Waals surface area contributed by atoms with Gasteiger partial charge in [-0.1, -0.05) is 35.8 Å². The van der Waals surface area contributed by atoms with Gasteiger partial charge in [-0.15, -0.1) is 0 Å². The summed E-state index contributed by atoms with van der Waals surface area (Å²) < 4.78 is 11.9. The van der Waals surface area contributed by atoms with Crippen molar-refractivity contribution in [3.8, 4) is 0 Å². The molecule has 3 heteroatoms. The summed E-state index contributed by atoms with van der Waals surface area (Å²) in [5.74, 6) is 0. The molecule has 2 aromatic heterocycles. The van der Waals surface area contributed by atoms with Gasteiger partial charge in [0.25, 0.3) is 0 Å². The zero-order valence-electron chi connectivity index (χ0n) is 11.1. The zero-order chi connectivity index (χ0) is 14.0. The minimum atomic E-state index is 0.724. The largest absolute Gasteiger partial charge is 0.456 e. The molecular formula is C18H9BO2. The Bertz CT molecular complexity index is 1150. The minimum Gasteiger partial charge on any atom is -0.456 e. The molecule has 0 amide bonds. The maximum Gasteiger partial charge on any atom is 0.136 e. The normalized spacial score (nSPS) is 12.0. The van der Waals surface area contributed by atoms with Crippen molar-refractivity contribution in [1.29, 1.82) is 0 Å². The van der Waals surface area contributed by atoms with E-state index in [9.17, 15) is 0 Å². The van der Waals surface area contributed by atoms with Crippen LogP contribution in [0.5, 0.6) is 0 Å². The monoisotopic (exact) mass is 268 g/mol. The Morgan fingerprint density at radius 2 is 1.33 bits per heavy atom. The topological polar surface area (TPSA) is 26.3 Å². The summed E-state index contributed by atoms with van der Waals surface area (Å²) in [5, 5.41) is 4.11. The highest BCUT2D eigenvalue weighted by molar-refractivity contribution is 6.41. The number of hydrogen-bond donors (Lipinski definition) is 0. The van der Waals surface area contributed by atoms with Crippen LogP contribution in [0.2, 0.25) is 0 Å². The van der Waals surface area contributed by atoms with Crippen molar-refractivity contribution in [1.82, 2.24) is 0 Å². The number of rotatable bonds is 0. The van der Waals surface area contributed by atoms with E-state index in [4.69, 9.17) is 16.7 Å². The van der Waals surface area contributed by atoms with E-state index in [0.29, 0.717) is 0 Å². The first kappa shape index (κ1) is 11.0. The van der Waals surface area contributed by atoms with Gasteiger partial charge in [-0.25, -0.2) is 0 Å². The molecule has 0 atom stereocenters. The van der Waals surface area contributed by atoms with Crippen molar-refractivity contribution in [3.63, 3.8) is 0 Å². The average molecular weight is 268 g/mol. The number of hydrogen-bond acceptors (Lipinski definition) is 2. The lowest BCUT2D eigenvalue weighted by atomic mass is 9.91. The first-order chi connectivity index (χ1) is 10.3. The first-order valence-corrected chi connectivity index (χ1v) is 6.83. The van der Waals surface area contributed by atoms with Crippen LogP contribution in [0.1, 0.15) is 0 Å². The number of para-hydroxylation sites is 1. The Morgan fingerprint density at radius 1 is 0.619 bits per heavy atom. The minimum absolute atomic E-state index is 0.724. The van der Waals surface area contributed by atoms with Gasteiger partial charge in [0.05, 0.1) is 0 Å². The van der Waals surface area contributed by atoms with Crippen molar-refractivity contribution < 1.29 is 8.83 Å². The van der Waals surface area contributed by atoms with Crippen molar-refractivity contribution in [2.24, 2.45) is 0 Å². The maximum absolute atomic E-state index is 6.10. The molecule has 0 unspecified atom stereocenters. The summed E-state index contributed by atoms with van der Waals surface area (Å²) in [7, 11) is 6.10. The van der Waals surface area contributed by atoms with Crippen LogP contribution in [-0.4, -0.2) is 7.85 Å². The molecule has 0 fully saturated rings. The zero-order valence-corrected chi connectivity index (χ0v) is 11.1. The highest BCUT2D eigenvalue weighted by Gasteiger charge is 2.13. The fourth-order valence-electron chi connectivity index (χ4n) is 3.07. The summed E-state index contributed by atoms with van der Waals surface area (Å²) in [4.78, 5) is 0. The van der Waals surface area contributed by atoms with E-state index < -0.39 is 0 Å². The Kier molecular flexibility index (Phi) is 1.94. The average Bonchev–Trinajstić information content (AvgIpc) is 3.03. The molecule has 21 heavy (non-hydrogen) atoms. The third-order valence-corrected chi connectivity index (χ3v) is 4.03. The van der Waals surface area contributed by atoms with Crippen LogP contribution in [0.4, 0.5) is 0 Å². The van der Waals surface area contributed by atoms with E-state index in [1.165, 1.54) is 0 Å². The van der Waals surface area contributed by atoms with Gasteiger partial charge < -0.3 is 8.83 Å². The van der Waals surface area contributed by atoms with E-state index in [1.54, 1.807) is 0 Å². The molecule has 96 valence electrons. The Balaban J connectivity index is 2.05. The van der Waals surface area contributed by atoms with E-state index in [-0.39, 0.29) is 0 Å². The molecule has 0 aliphatic heterocycles. The quantitative estimate of drug-likeness (QED) is 0.392. The van der Waals surface area contributed by atoms with Gasteiger partial charge in [0.1, 0.15) is 30.2 Å². The molecular weight excluding hydrogens is 259 g/mol. The molecule has 2 heterocycles. The third-order valence-electron chi connectivity index (χ3n) is 4.03. The van der Waals surface area contributed by atoms with Crippen LogP contribution < -0.4 is 5.46 Å². The van der Waals surface area contributed by atoms with Crippen molar-refractivity contribution in [2.45, 2.75) is 0 Å². The van der Waals surface area contributed by atoms with Crippen LogP contribution >= 0.6 is 0 Å². The summed E-state index contributed by atoms with van der Waals surface area (Å²) in [6.45, 7) is 0. The summed E-state index contributed by atoms with van der Waals surface area (Å²) in [6.07, 6.45) is 0. The van der Waals surface area contributed by atoms with Crippen LogP contribution in [0.25, 0.3) is 43.9 Å². The molecule has 2 nitrogen and oxygen atoms in total. The molecule has 2 radical (unpaired) electrons. The third kappa shape index (κ3) is 1.38. The summed E-state index contributed by atoms with van der Waals surface area (Å²) in [6, 6.07) is 17.8. The van der Waals surface area contributed by atoms with Gasteiger partial charge in [0, 0.05) is 21.5 Å². The molecule has 0 bridgehead atoms. The number of fused-ring (bicyclic) bond motifs is 6. The summed E-state index contributed by atoms with van der Waals surface area (Å²) in [5.41, 5.74) is 4.11. The lowest BCUT2D eigenvalue weighted by Gasteiger charge is -1.94. The van der Waals surface area contributed by atoms with E-state index in [1.807, 2.05) is 48.5 Å². The van der Waals surface area contributed by atoms with Gasteiger partial charge in [0.2, 0.25) is 0 Å². The summed E-state index contributed by atoms with van der Waals surface area (Å²) >= 11 is 0.